The standard InChI is InChI=1S/C11H15N5O9P2/c12-10-14-8-7(9(18)15-10)13-5-16(8)2-6-1-11(6,3-17)4-24-27(22,23)25-26(19,20)21/h2,5,17H,1,3-4H2,(H,22,23)(H2,19,20,21)(H3,12,14,15,18)/b6-2-/t11-/m0/s1. The third kappa shape index (κ3) is 4.34. The van der Waals surface area contributed by atoms with Gasteiger partial charge in [-0.05, 0) is 12.0 Å². The van der Waals surface area contributed by atoms with E-state index >= 15 is 0 Å². The first-order valence-electron chi connectivity index (χ1n) is 7.23. The summed E-state index contributed by atoms with van der Waals surface area (Å²) in [6.45, 7) is -1.01. The third-order valence-corrected chi connectivity index (χ3v) is 5.98. The van der Waals surface area contributed by atoms with Gasteiger partial charge in [-0.3, -0.25) is 18.9 Å². The van der Waals surface area contributed by atoms with E-state index in [0.717, 1.165) is 0 Å². The van der Waals surface area contributed by atoms with Crippen molar-refractivity contribution in [1.29, 1.82) is 0 Å². The molecule has 2 atom stereocenters. The molecule has 0 saturated heterocycles. The second-order valence-corrected chi connectivity index (χ2v) is 8.69. The molecule has 27 heavy (non-hydrogen) atoms. The number of nitrogens with one attached hydrogen (secondary N) is 1. The summed E-state index contributed by atoms with van der Waals surface area (Å²) in [5.74, 6) is -0.115. The normalized spacial score (nSPS) is 23.6. The smallest absolute Gasteiger partial charge is 0.395 e. The number of fused-ring (bicyclic) bond motifs is 1. The number of phosphoric ester groups is 1. The molecule has 1 unspecified atom stereocenters. The average Bonchev–Trinajstić information content (AvgIpc) is 3.06. The lowest BCUT2D eigenvalue weighted by Gasteiger charge is -2.16. The first-order chi connectivity index (χ1) is 12.4. The summed E-state index contributed by atoms with van der Waals surface area (Å²) in [6.07, 6.45) is 3.04. The van der Waals surface area contributed by atoms with Gasteiger partial charge in [0.15, 0.2) is 11.2 Å². The van der Waals surface area contributed by atoms with E-state index in [0.29, 0.717) is 5.57 Å². The lowest BCUT2D eigenvalue weighted by Crippen LogP contribution is -2.15. The molecule has 0 spiro atoms. The summed E-state index contributed by atoms with van der Waals surface area (Å²) in [4.78, 5) is 48.4. The zero-order chi connectivity index (χ0) is 20.0. The number of hydrogen-bond acceptors (Lipinski definition) is 9. The van der Waals surface area contributed by atoms with E-state index in [4.69, 9.17) is 15.5 Å². The summed E-state index contributed by atoms with van der Waals surface area (Å²) in [5.41, 5.74) is 4.68. The molecule has 0 aromatic carbocycles. The highest BCUT2D eigenvalue weighted by Gasteiger charge is 2.51. The Kier molecular flexibility index (Phi) is 4.87. The van der Waals surface area contributed by atoms with E-state index < -0.39 is 39.8 Å². The SMILES string of the molecule is Nc1nc2c(ncn2/C=C2/C[C@]2(CO)COP(=O)(O)OP(=O)(O)O)c(=O)[nH]1. The number of aromatic nitrogens is 4. The Morgan fingerprint density at radius 1 is 1.41 bits per heavy atom. The molecule has 2 aromatic rings. The summed E-state index contributed by atoms with van der Waals surface area (Å²) in [7, 11) is -10.3. The number of imidazole rings is 1. The Morgan fingerprint density at radius 3 is 2.74 bits per heavy atom. The molecule has 1 fully saturated rings. The molecule has 0 aliphatic heterocycles. The van der Waals surface area contributed by atoms with Crippen molar-refractivity contribution in [2.75, 3.05) is 18.9 Å². The van der Waals surface area contributed by atoms with Crippen LogP contribution in [-0.2, 0) is 18.0 Å². The minimum atomic E-state index is -5.24. The lowest BCUT2D eigenvalue weighted by atomic mass is 10.1. The molecule has 1 aliphatic carbocycles. The van der Waals surface area contributed by atoms with Crippen molar-refractivity contribution < 1.29 is 37.8 Å². The van der Waals surface area contributed by atoms with Crippen LogP contribution in [0.25, 0.3) is 17.4 Å². The van der Waals surface area contributed by atoms with Gasteiger partial charge < -0.3 is 25.5 Å². The van der Waals surface area contributed by atoms with E-state index in [1.165, 1.54) is 17.1 Å². The Balaban J connectivity index is 1.81. The lowest BCUT2D eigenvalue weighted by molar-refractivity contribution is 0.120. The Hall–Kier alpha value is -1.89. The van der Waals surface area contributed by atoms with Crippen LogP contribution in [0.3, 0.4) is 0 Å². The first kappa shape index (κ1) is 19.9. The fraction of sp³-hybridized carbons (Fsp3) is 0.364. The number of aliphatic hydroxyl groups is 1. The van der Waals surface area contributed by atoms with E-state index in [-0.39, 0.29) is 23.5 Å². The van der Waals surface area contributed by atoms with Gasteiger partial charge in [0.2, 0.25) is 5.95 Å². The number of anilines is 1. The van der Waals surface area contributed by atoms with Crippen LogP contribution >= 0.6 is 15.6 Å². The zero-order valence-electron chi connectivity index (χ0n) is 13.4. The van der Waals surface area contributed by atoms with Crippen molar-refractivity contribution >= 4 is 39.0 Å². The number of hydrogen-bond donors (Lipinski definition) is 6. The summed E-state index contributed by atoms with van der Waals surface area (Å²) in [5, 5.41) is 9.58. The topological polar surface area (TPSA) is 223 Å². The highest BCUT2D eigenvalue weighted by Crippen LogP contribution is 2.60. The molecule has 14 nitrogen and oxygen atoms in total. The third-order valence-electron chi connectivity index (χ3n) is 3.85. The summed E-state index contributed by atoms with van der Waals surface area (Å²) >= 11 is 0. The molecule has 148 valence electrons. The van der Waals surface area contributed by atoms with Crippen molar-refractivity contribution in [2.45, 2.75) is 6.42 Å². The molecule has 7 N–H and O–H groups in total. The molecular formula is C11H15N5O9P2. The molecule has 1 aliphatic rings. The molecule has 3 rings (SSSR count). The molecule has 0 amide bonds. The number of phosphoric acid groups is 2. The first-order valence-corrected chi connectivity index (χ1v) is 10.3. The number of nitrogens with two attached hydrogens (primary N) is 1. The largest absolute Gasteiger partial charge is 0.481 e. The molecule has 0 bridgehead atoms. The number of nitrogen functional groups attached to an aromatic ring is 1. The van der Waals surface area contributed by atoms with Crippen LogP contribution in [-0.4, -0.2) is 52.5 Å². The predicted molar refractivity (Wildman–Crippen MR) is 89.9 cm³/mol. The average molecular weight is 423 g/mol. The van der Waals surface area contributed by atoms with Crippen LogP contribution < -0.4 is 11.3 Å². The van der Waals surface area contributed by atoms with Gasteiger partial charge in [-0.1, -0.05) is 0 Å². The van der Waals surface area contributed by atoms with Crippen LogP contribution in [0.4, 0.5) is 5.95 Å². The van der Waals surface area contributed by atoms with Gasteiger partial charge in [-0.25, -0.2) is 14.1 Å². The van der Waals surface area contributed by atoms with Gasteiger partial charge in [-0.2, -0.15) is 9.29 Å². The maximum Gasteiger partial charge on any atom is 0.481 e. The summed E-state index contributed by atoms with van der Waals surface area (Å²) < 4.78 is 31.9. The van der Waals surface area contributed by atoms with Gasteiger partial charge in [0.05, 0.1) is 13.2 Å². The minimum absolute atomic E-state index is 0.0439. The fourth-order valence-electron chi connectivity index (χ4n) is 2.42. The second kappa shape index (κ2) is 6.62. The Labute approximate surface area is 150 Å². The highest BCUT2D eigenvalue weighted by atomic mass is 31.3. The maximum absolute atomic E-state index is 11.8. The summed E-state index contributed by atoms with van der Waals surface area (Å²) in [6, 6.07) is 0. The molecule has 1 saturated carbocycles. The second-order valence-electron chi connectivity index (χ2n) is 5.86. The number of nitrogens with zero attached hydrogens (tertiary/aromatic N) is 3. The Bertz CT molecular complexity index is 1070. The van der Waals surface area contributed by atoms with E-state index in [1.54, 1.807) is 0 Å². The quantitative estimate of drug-likeness (QED) is 0.300. The predicted octanol–water partition coefficient (Wildman–Crippen LogP) is -0.849. The molecule has 2 heterocycles. The fourth-order valence-corrected chi connectivity index (χ4v) is 4.09. The van der Waals surface area contributed by atoms with E-state index in [9.17, 15) is 23.9 Å². The molecular weight excluding hydrogens is 408 g/mol. The van der Waals surface area contributed by atoms with Gasteiger partial charge in [0.1, 0.15) is 6.33 Å². The van der Waals surface area contributed by atoms with E-state index in [1.807, 2.05) is 0 Å². The van der Waals surface area contributed by atoms with Crippen LogP contribution in [0, 0.1) is 5.41 Å². The number of H-pyrrole nitrogens is 1. The van der Waals surface area contributed by atoms with Gasteiger partial charge in [0.25, 0.3) is 5.56 Å². The van der Waals surface area contributed by atoms with Crippen LogP contribution in [0.1, 0.15) is 6.42 Å². The highest BCUT2D eigenvalue weighted by molar-refractivity contribution is 7.60. The number of rotatable bonds is 7. The van der Waals surface area contributed by atoms with Crippen molar-refractivity contribution in [3.8, 4) is 0 Å². The number of aromatic amines is 1. The van der Waals surface area contributed by atoms with E-state index in [2.05, 4.69) is 23.8 Å². The van der Waals surface area contributed by atoms with Gasteiger partial charge in [0, 0.05) is 11.6 Å². The van der Waals surface area contributed by atoms with Crippen LogP contribution in [0.2, 0.25) is 0 Å². The van der Waals surface area contributed by atoms with Crippen molar-refractivity contribution in [3.05, 3.63) is 22.3 Å². The van der Waals surface area contributed by atoms with Crippen molar-refractivity contribution in [2.24, 2.45) is 5.41 Å². The van der Waals surface area contributed by atoms with Crippen molar-refractivity contribution in [3.63, 3.8) is 0 Å². The molecule has 0 radical (unpaired) electrons. The van der Waals surface area contributed by atoms with Crippen LogP contribution in [0.5, 0.6) is 0 Å². The zero-order valence-corrected chi connectivity index (χ0v) is 15.2. The minimum Gasteiger partial charge on any atom is -0.395 e. The van der Waals surface area contributed by atoms with Gasteiger partial charge in [-0.15, -0.1) is 0 Å². The van der Waals surface area contributed by atoms with Crippen LogP contribution in [0.15, 0.2) is 16.7 Å². The molecule has 16 heteroatoms. The monoisotopic (exact) mass is 423 g/mol. The molecule has 2 aromatic heterocycles. The maximum atomic E-state index is 11.8. The Morgan fingerprint density at radius 2 is 2.11 bits per heavy atom. The van der Waals surface area contributed by atoms with Crippen molar-refractivity contribution in [1.82, 2.24) is 19.5 Å². The number of aliphatic hydroxyl groups excluding tert-OH is 1. The van der Waals surface area contributed by atoms with Gasteiger partial charge >= 0.3 is 15.6 Å².